The van der Waals surface area contributed by atoms with E-state index < -0.39 is 0 Å². The van der Waals surface area contributed by atoms with Crippen molar-refractivity contribution in [2.45, 2.75) is 46.5 Å². The molecule has 0 amide bonds. The van der Waals surface area contributed by atoms with Crippen LogP contribution in [0.4, 0.5) is 0 Å². The van der Waals surface area contributed by atoms with Gasteiger partial charge in [0.15, 0.2) is 5.75 Å². The largest absolute Gasteiger partial charge is 0.493 e. The fourth-order valence-corrected chi connectivity index (χ4v) is 3.50. The number of ether oxygens (including phenoxy) is 2. The number of rotatable bonds is 10. The first-order valence-corrected chi connectivity index (χ1v) is 11.4. The SMILES string of the molecule is CC[C@@H](C)COc1c(Cl)cc(C(C)(C)c2ccc(OC[C@@H](C)CCl)cc2)cc1Cl. The van der Waals surface area contributed by atoms with Crippen molar-refractivity contribution in [3.63, 3.8) is 0 Å². The topological polar surface area (TPSA) is 18.5 Å². The third-order valence-corrected chi connectivity index (χ3v) is 6.39. The van der Waals surface area contributed by atoms with Gasteiger partial charge in [0.1, 0.15) is 5.75 Å². The number of alkyl halides is 1. The Morgan fingerprint density at radius 3 is 1.93 bits per heavy atom. The molecule has 0 saturated carbocycles. The van der Waals surface area contributed by atoms with Crippen molar-refractivity contribution < 1.29 is 9.47 Å². The summed E-state index contributed by atoms with van der Waals surface area (Å²) in [6, 6.07) is 12.0. The molecule has 0 radical (unpaired) electrons. The zero-order valence-corrected chi connectivity index (χ0v) is 20.2. The first kappa shape index (κ1) is 24.2. The number of hydrogen-bond donors (Lipinski definition) is 0. The number of halogens is 3. The van der Waals surface area contributed by atoms with Gasteiger partial charge in [-0.15, -0.1) is 11.6 Å². The van der Waals surface area contributed by atoms with Crippen LogP contribution < -0.4 is 9.47 Å². The third kappa shape index (κ3) is 6.44. The highest BCUT2D eigenvalue weighted by Crippen LogP contribution is 2.40. The molecule has 0 heterocycles. The van der Waals surface area contributed by atoms with E-state index in [1.807, 2.05) is 24.3 Å². The van der Waals surface area contributed by atoms with E-state index in [1.165, 1.54) is 0 Å². The lowest BCUT2D eigenvalue weighted by Gasteiger charge is -2.27. The van der Waals surface area contributed by atoms with Crippen LogP contribution >= 0.6 is 34.8 Å². The fraction of sp³-hybridized carbons (Fsp3) is 0.500. The Hall–Kier alpha value is -1.09. The van der Waals surface area contributed by atoms with Gasteiger partial charge in [-0.05, 0) is 41.3 Å². The molecule has 0 aliphatic heterocycles. The van der Waals surface area contributed by atoms with Gasteiger partial charge in [0.25, 0.3) is 0 Å². The van der Waals surface area contributed by atoms with Crippen LogP contribution in [0.15, 0.2) is 36.4 Å². The van der Waals surface area contributed by atoms with Crippen LogP contribution in [0.2, 0.25) is 10.0 Å². The second-order valence-corrected chi connectivity index (χ2v) is 9.44. The molecular weight excluding hydrogens is 427 g/mol. The van der Waals surface area contributed by atoms with E-state index in [4.69, 9.17) is 44.3 Å². The summed E-state index contributed by atoms with van der Waals surface area (Å²) in [6.45, 7) is 11.9. The zero-order chi connectivity index (χ0) is 21.6. The third-order valence-electron chi connectivity index (χ3n) is 5.30. The summed E-state index contributed by atoms with van der Waals surface area (Å²) in [7, 11) is 0. The van der Waals surface area contributed by atoms with E-state index in [-0.39, 0.29) is 5.41 Å². The summed E-state index contributed by atoms with van der Waals surface area (Å²) in [5.74, 6) is 2.75. The average Bonchev–Trinajstić information content (AvgIpc) is 2.71. The van der Waals surface area contributed by atoms with Gasteiger partial charge in [0, 0.05) is 17.2 Å². The molecule has 2 nitrogen and oxygen atoms in total. The van der Waals surface area contributed by atoms with Crippen molar-refractivity contribution in [1.29, 1.82) is 0 Å². The molecule has 0 saturated heterocycles. The van der Waals surface area contributed by atoms with Gasteiger partial charge in [-0.3, -0.25) is 0 Å². The molecule has 0 unspecified atom stereocenters. The molecule has 0 fully saturated rings. The Morgan fingerprint density at radius 2 is 1.41 bits per heavy atom. The Morgan fingerprint density at radius 1 is 0.862 bits per heavy atom. The van der Waals surface area contributed by atoms with Crippen molar-refractivity contribution >= 4 is 34.8 Å². The molecule has 0 aliphatic rings. The van der Waals surface area contributed by atoms with Crippen LogP contribution in [0.5, 0.6) is 11.5 Å². The van der Waals surface area contributed by atoms with Crippen LogP contribution in [-0.4, -0.2) is 19.1 Å². The Kier molecular flexibility index (Phi) is 9.00. The molecule has 29 heavy (non-hydrogen) atoms. The lowest BCUT2D eigenvalue weighted by Crippen LogP contribution is -2.19. The van der Waals surface area contributed by atoms with E-state index >= 15 is 0 Å². The second kappa shape index (κ2) is 10.8. The van der Waals surface area contributed by atoms with Crippen LogP contribution in [0, 0.1) is 11.8 Å². The summed E-state index contributed by atoms with van der Waals surface area (Å²) in [5, 5.41) is 1.08. The summed E-state index contributed by atoms with van der Waals surface area (Å²) in [6.07, 6.45) is 1.05. The highest BCUT2D eigenvalue weighted by molar-refractivity contribution is 6.37. The fourth-order valence-electron chi connectivity index (χ4n) is 2.82. The lowest BCUT2D eigenvalue weighted by atomic mass is 9.78. The minimum Gasteiger partial charge on any atom is -0.493 e. The Labute approximate surface area is 190 Å². The van der Waals surface area contributed by atoms with Gasteiger partial charge < -0.3 is 9.47 Å². The maximum atomic E-state index is 6.52. The molecule has 0 aliphatic carbocycles. The molecule has 5 heteroatoms. The van der Waals surface area contributed by atoms with Crippen LogP contribution in [-0.2, 0) is 5.41 Å². The normalized spacial score (nSPS) is 13.8. The van der Waals surface area contributed by atoms with Gasteiger partial charge in [-0.1, -0.05) is 76.4 Å². The van der Waals surface area contributed by atoms with Crippen molar-refractivity contribution in [3.05, 3.63) is 57.6 Å². The Bertz CT molecular complexity index is 764. The molecule has 2 atom stereocenters. The van der Waals surface area contributed by atoms with Crippen LogP contribution in [0.25, 0.3) is 0 Å². The maximum absolute atomic E-state index is 6.52. The highest BCUT2D eigenvalue weighted by atomic mass is 35.5. The number of hydrogen-bond acceptors (Lipinski definition) is 2. The zero-order valence-electron chi connectivity index (χ0n) is 17.9. The summed E-state index contributed by atoms with van der Waals surface area (Å²) < 4.78 is 11.7. The van der Waals surface area contributed by atoms with Crippen molar-refractivity contribution in [2.24, 2.45) is 11.8 Å². The Balaban J connectivity index is 2.19. The van der Waals surface area contributed by atoms with Crippen LogP contribution in [0.1, 0.15) is 52.2 Å². The monoisotopic (exact) mass is 456 g/mol. The van der Waals surface area contributed by atoms with Crippen molar-refractivity contribution in [3.8, 4) is 11.5 Å². The minimum absolute atomic E-state index is 0.273. The van der Waals surface area contributed by atoms with E-state index in [0.29, 0.717) is 46.7 Å². The minimum atomic E-state index is -0.273. The average molecular weight is 458 g/mol. The molecule has 0 aromatic heterocycles. The first-order valence-electron chi connectivity index (χ1n) is 10.1. The molecular formula is C24H31Cl3O2. The van der Waals surface area contributed by atoms with E-state index in [2.05, 4.69) is 46.8 Å². The molecule has 0 N–H and O–H groups in total. The van der Waals surface area contributed by atoms with Crippen molar-refractivity contribution in [1.82, 2.24) is 0 Å². The second-order valence-electron chi connectivity index (χ2n) is 8.31. The van der Waals surface area contributed by atoms with Gasteiger partial charge in [0.05, 0.1) is 23.3 Å². The predicted octanol–water partition coefficient (Wildman–Crippen LogP) is 8.00. The summed E-state index contributed by atoms with van der Waals surface area (Å²) in [4.78, 5) is 0. The summed E-state index contributed by atoms with van der Waals surface area (Å²) >= 11 is 18.9. The highest BCUT2D eigenvalue weighted by Gasteiger charge is 2.26. The van der Waals surface area contributed by atoms with Crippen LogP contribution in [0.3, 0.4) is 0 Å². The molecule has 2 aromatic carbocycles. The molecule has 0 bridgehead atoms. The molecule has 0 spiro atoms. The van der Waals surface area contributed by atoms with Gasteiger partial charge in [0.2, 0.25) is 0 Å². The maximum Gasteiger partial charge on any atom is 0.156 e. The lowest BCUT2D eigenvalue weighted by molar-refractivity contribution is 0.257. The van der Waals surface area contributed by atoms with Gasteiger partial charge in [-0.2, -0.15) is 0 Å². The van der Waals surface area contributed by atoms with Crippen molar-refractivity contribution in [2.75, 3.05) is 19.1 Å². The smallest absolute Gasteiger partial charge is 0.156 e. The van der Waals surface area contributed by atoms with E-state index in [9.17, 15) is 0 Å². The molecule has 2 rings (SSSR count). The first-order chi connectivity index (χ1) is 13.7. The quantitative estimate of drug-likeness (QED) is 0.336. The van der Waals surface area contributed by atoms with E-state index in [0.717, 1.165) is 23.3 Å². The van der Waals surface area contributed by atoms with Gasteiger partial charge in [-0.25, -0.2) is 0 Å². The molecule has 160 valence electrons. The number of benzene rings is 2. The molecule has 2 aromatic rings. The predicted molar refractivity (Wildman–Crippen MR) is 125 cm³/mol. The summed E-state index contributed by atoms with van der Waals surface area (Å²) in [5.41, 5.74) is 1.91. The standard InChI is InChI=1S/C24H31Cl3O2/c1-6-16(2)14-29-23-21(26)11-19(12-22(23)27)24(4,5)18-7-9-20(10-8-18)28-15-17(3)13-25/h7-12,16-17H,6,13-15H2,1-5H3/t16-,17+/m1/s1. The van der Waals surface area contributed by atoms with E-state index in [1.54, 1.807) is 0 Å². The van der Waals surface area contributed by atoms with Gasteiger partial charge >= 0.3 is 0 Å².